The molecule has 1 saturated carbocycles. The summed E-state index contributed by atoms with van der Waals surface area (Å²) in [5, 5.41) is 10.1. The molecule has 1 aromatic carbocycles. The second-order valence-electron chi connectivity index (χ2n) is 4.90. The Kier molecular flexibility index (Phi) is 3.53. The van der Waals surface area contributed by atoms with E-state index in [1.807, 2.05) is 19.9 Å². The Balaban J connectivity index is 2.60. The zero-order valence-corrected chi connectivity index (χ0v) is 11.5. The van der Waals surface area contributed by atoms with Gasteiger partial charge in [0.05, 0.1) is 13.0 Å². The van der Waals surface area contributed by atoms with Gasteiger partial charge in [-0.2, -0.15) is 0 Å². The highest BCUT2D eigenvalue weighted by Gasteiger charge is 2.40. The van der Waals surface area contributed by atoms with Gasteiger partial charge in [0.25, 0.3) is 0 Å². The average molecular weight is 269 g/mol. The van der Waals surface area contributed by atoms with E-state index in [2.05, 4.69) is 0 Å². The van der Waals surface area contributed by atoms with E-state index in [9.17, 15) is 9.90 Å². The number of carbonyl (C=O) groups is 1. The molecular weight excluding hydrogens is 252 g/mol. The van der Waals surface area contributed by atoms with Crippen molar-refractivity contribution in [2.24, 2.45) is 5.92 Å². The van der Waals surface area contributed by atoms with Crippen molar-refractivity contribution >= 4 is 17.6 Å². The molecule has 18 heavy (non-hydrogen) atoms. The molecule has 1 aromatic rings. The van der Waals surface area contributed by atoms with Crippen LogP contribution in [0.4, 0.5) is 0 Å². The number of aliphatic carboxylic acids is 1. The molecule has 0 bridgehead atoms. The summed E-state index contributed by atoms with van der Waals surface area (Å²) < 4.78 is 5.35. The molecule has 1 aliphatic carbocycles. The second-order valence-corrected chi connectivity index (χ2v) is 5.28. The van der Waals surface area contributed by atoms with Crippen LogP contribution in [0.1, 0.15) is 35.4 Å². The Bertz CT molecular complexity index is 492. The van der Waals surface area contributed by atoms with Crippen molar-refractivity contribution in [3.05, 3.63) is 27.8 Å². The van der Waals surface area contributed by atoms with E-state index in [1.54, 1.807) is 7.11 Å². The van der Waals surface area contributed by atoms with Gasteiger partial charge in [-0.1, -0.05) is 11.6 Å². The van der Waals surface area contributed by atoms with Crippen LogP contribution >= 0.6 is 11.6 Å². The zero-order chi connectivity index (χ0) is 13.4. The molecule has 0 radical (unpaired) electrons. The largest absolute Gasteiger partial charge is 0.496 e. The molecule has 1 aliphatic rings. The molecular formula is C14H17ClO3. The maximum absolute atomic E-state index is 11.5. The fourth-order valence-corrected chi connectivity index (χ4v) is 2.64. The smallest absolute Gasteiger partial charge is 0.311 e. The number of benzene rings is 1. The van der Waals surface area contributed by atoms with E-state index in [1.165, 1.54) is 0 Å². The third kappa shape index (κ3) is 2.19. The lowest BCUT2D eigenvalue weighted by Crippen LogP contribution is -2.16. The Labute approximate surface area is 112 Å². The van der Waals surface area contributed by atoms with Crippen LogP contribution in [0.2, 0.25) is 5.02 Å². The molecule has 0 spiro atoms. The maximum Gasteiger partial charge on any atom is 0.311 e. The summed E-state index contributed by atoms with van der Waals surface area (Å²) in [5.41, 5.74) is 2.48. The summed E-state index contributed by atoms with van der Waals surface area (Å²) in [6.45, 7) is 3.76. The molecule has 0 aromatic heterocycles. The van der Waals surface area contributed by atoms with E-state index in [4.69, 9.17) is 16.3 Å². The lowest BCUT2D eigenvalue weighted by molar-refractivity contribution is -0.139. The van der Waals surface area contributed by atoms with Crippen LogP contribution in [0.5, 0.6) is 5.75 Å². The molecule has 3 nitrogen and oxygen atoms in total. The molecule has 4 heteroatoms. The molecule has 1 N–H and O–H groups in total. The van der Waals surface area contributed by atoms with Crippen LogP contribution in [-0.4, -0.2) is 18.2 Å². The van der Waals surface area contributed by atoms with Gasteiger partial charge in [-0.05, 0) is 49.8 Å². The lowest BCUT2D eigenvalue weighted by Gasteiger charge is -2.20. The SMILES string of the molecule is COc1cc(C)c(Cl)c(C)c1C(C(=O)O)C1CC1. The van der Waals surface area contributed by atoms with Crippen LogP contribution < -0.4 is 4.74 Å². The third-order valence-electron chi connectivity index (χ3n) is 3.58. The number of ether oxygens (including phenoxy) is 1. The molecule has 0 aliphatic heterocycles. The summed E-state index contributed by atoms with van der Waals surface area (Å²) in [6, 6.07) is 1.82. The van der Waals surface area contributed by atoms with Crippen LogP contribution in [0, 0.1) is 19.8 Å². The topological polar surface area (TPSA) is 46.5 Å². The molecule has 1 atom stereocenters. The molecule has 0 amide bonds. The molecule has 2 rings (SSSR count). The Morgan fingerprint density at radius 3 is 2.56 bits per heavy atom. The van der Waals surface area contributed by atoms with E-state index in [-0.39, 0.29) is 5.92 Å². The van der Waals surface area contributed by atoms with Crippen molar-refractivity contribution in [1.29, 1.82) is 0 Å². The molecule has 1 fully saturated rings. The first-order chi connectivity index (χ1) is 8.47. The highest BCUT2D eigenvalue weighted by atomic mass is 35.5. The summed E-state index contributed by atoms with van der Waals surface area (Å²) >= 11 is 6.24. The Morgan fingerprint density at radius 1 is 1.50 bits per heavy atom. The number of aryl methyl sites for hydroxylation is 1. The Morgan fingerprint density at radius 2 is 2.11 bits per heavy atom. The van der Waals surface area contributed by atoms with Crippen molar-refractivity contribution in [1.82, 2.24) is 0 Å². The van der Waals surface area contributed by atoms with Crippen LogP contribution in [0.15, 0.2) is 6.07 Å². The fourth-order valence-electron chi connectivity index (χ4n) is 2.48. The van der Waals surface area contributed by atoms with Gasteiger partial charge in [-0.15, -0.1) is 0 Å². The van der Waals surface area contributed by atoms with Crippen molar-refractivity contribution in [2.75, 3.05) is 7.11 Å². The normalized spacial score (nSPS) is 16.4. The minimum Gasteiger partial charge on any atom is -0.496 e. The van der Waals surface area contributed by atoms with E-state index >= 15 is 0 Å². The predicted molar refractivity (Wildman–Crippen MR) is 70.6 cm³/mol. The molecule has 0 saturated heterocycles. The quantitative estimate of drug-likeness (QED) is 0.908. The highest BCUT2D eigenvalue weighted by molar-refractivity contribution is 6.32. The van der Waals surface area contributed by atoms with E-state index in [0.29, 0.717) is 10.8 Å². The summed E-state index contributed by atoms with van der Waals surface area (Å²) in [6.07, 6.45) is 1.93. The predicted octanol–water partition coefficient (Wildman–Crippen LogP) is 3.54. The summed E-state index contributed by atoms with van der Waals surface area (Å²) in [7, 11) is 1.57. The standard InChI is InChI=1S/C14H17ClO3/c1-7-6-10(18-3)11(8(2)13(7)15)12(14(16)17)9-4-5-9/h6,9,12H,4-5H2,1-3H3,(H,16,17). The van der Waals surface area contributed by atoms with Gasteiger partial charge in [0, 0.05) is 10.6 Å². The minimum atomic E-state index is -0.793. The fraction of sp³-hybridized carbons (Fsp3) is 0.500. The van der Waals surface area contributed by atoms with Crippen molar-refractivity contribution < 1.29 is 14.6 Å². The average Bonchev–Trinajstić information content (AvgIpc) is 3.13. The van der Waals surface area contributed by atoms with E-state index in [0.717, 1.165) is 29.5 Å². The monoisotopic (exact) mass is 268 g/mol. The Hall–Kier alpha value is -1.22. The number of carboxylic acids is 1. The first kappa shape index (κ1) is 13.2. The first-order valence-corrected chi connectivity index (χ1v) is 6.41. The number of halogens is 1. The third-order valence-corrected chi connectivity index (χ3v) is 4.16. The second kappa shape index (κ2) is 4.81. The maximum atomic E-state index is 11.5. The van der Waals surface area contributed by atoms with Gasteiger partial charge in [0.1, 0.15) is 5.75 Å². The number of methoxy groups -OCH3 is 1. The van der Waals surface area contributed by atoms with Gasteiger partial charge >= 0.3 is 5.97 Å². The molecule has 0 heterocycles. The van der Waals surface area contributed by atoms with Crippen LogP contribution in [0.3, 0.4) is 0 Å². The first-order valence-electron chi connectivity index (χ1n) is 6.03. The van der Waals surface area contributed by atoms with Gasteiger partial charge in [-0.3, -0.25) is 4.79 Å². The van der Waals surface area contributed by atoms with Gasteiger partial charge < -0.3 is 9.84 Å². The number of rotatable bonds is 4. The minimum absolute atomic E-state index is 0.217. The number of carboxylic acid groups (broad SMARTS) is 1. The summed E-state index contributed by atoms with van der Waals surface area (Å²) in [5.74, 6) is -0.445. The summed E-state index contributed by atoms with van der Waals surface area (Å²) in [4.78, 5) is 11.5. The van der Waals surface area contributed by atoms with Crippen molar-refractivity contribution in [2.45, 2.75) is 32.6 Å². The van der Waals surface area contributed by atoms with Crippen molar-refractivity contribution in [3.8, 4) is 5.75 Å². The number of hydrogen-bond acceptors (Lipinski definition) is 2. The lowest BCUT2D eigenvalue weighted by atomic mass is 9.89. The number of hydrogen-bond donors (Lipinski definition) is 1. The van der Waals surface area contributed by atoms with Gasteiger partial charge in [-0.25, -0.2) is 0 Å². The van der Waals surface area contributed by atoms with Gasteiger partial charge in [0.2, 0.25) is 0 Å². The molecule has 98 valence electrons. The van der Waals surface area contributed by atoms with Crippen LogP contribution in [0.25, 0.3) is 0 Å². The van der Waals surface area contributed by atoms with Gasteiger partial charge in [0.15, 0.2) is 0 Å². The molecule has 1 unspecified atom stereocenters. The van der Waals surface area contributed by atoms with Crippen molar-refractivity contribution in [3.63, 3.8) is 0 Å². The van der Waals surface area contributed by atoms with Crippen LogP contribution in [-0.2, 0) is 4.79 Å². The zero-order valence-electron chi connectivity index (χ0n) is 10.8. The highest BCUT2D eigenvalue weighted by Crippen LogP contribution is 2.48. The van der Waals surface area contributed by atoms with E-state index < -0.39 is 11.9 Å².